The quantitative estimate of drug-likeness (QED) is 0.333. The Balaban J connectivity index is 1.72. The summed E-state index contributed by atoms with van der Waals surface area (Å²) in [6.45, 7) is -0.945. The highest BCUT2D eigenvalue weighted by Crippen LogP contribution is 2.33. The molecule has 0 saturated heterocycles. The van der Waals surface area contributed by atoms with Crippen molar-refractivity contribution in [3.05, 3.63) is 58.9 Å². The van der Waals surface area contributed by atoms with Crippen molar-refractivity contribution in [1.82, 2.24) is 10.2 Å². The summed E-state index contributed by atoms with van der Waals surface area (Å²) in [5.74, 6) is -1.98. The first-order valence-electron chi connectivity index (χ1n) is 11.5. The minimum absolute atomic E-state index is 0.107. The molecule has 0 spiro atoms. The zero-order chi connectivity index (χ0) is 27.6. The number of fused-ring (bicyclic) bond motifs is 1. The number of hydrogen-bond acceptors (Lipinski definition) is 6. The Labute approximate surface area is 212 Å². The van der Waals surface area contributed by atoms with E-state index < -0.39 is 51.4 Å². The molecule has 37 heavy (non-hydrogen) atoms. The third-order valence-electron chi connectivity index (χ3n) is 6.70. The molecule has 2 N–H and O–H groups in total. The lowest BCUT2D eigenvalue weighted by Gasteiger charge is -2.27. The number of carbonyl (C=O) groups excluding carboxylic acids is 2. The van der Waals surface area contributed by atoms with Crippen molar-refractivity contribution in [1.29, 1.82) is 0 Å². The number of rotatable bonds is 11. The zero-order valence-corrected chi connectivity index (χ0v) is 21.2. The largest absolute Gasteiger partial charge is 0.401 e. The van der Waals surface area contributed by atoms with Crippen molar-refractivity contribution < 1.29 is 40.7 Å². The summed E-state index contributed by atoms with van der Waals surface area (Å²) >= 11 is 0. The molecule has 1 atom stereocenters. The standard InChI is InChI=1S/C25H28F4N2O5S/c1-24(21(33)14-32,37(2,35)36)10-12-31-13-20-19(23(31)34)8-7-18(22(20)26)17-5-3-16(4-6-17)9-11-30-15-25(27,28)29/h3-8,30,32H,9-15H2,1-2H3/t24-/m1/s1. The van der Waals surface area contributed by atoms with E-state index in [0.29, 0.717) is 12.0 Å². The molecular formula is C25H28F4N2O5S. The second-order valence-corrected chi connectivity index (χ2v) is 11.7. The first-order valence-corrected chi connectivity index (χ1v) is 13.4. The van der Waals surface area contributed by atoms with Gasteiger partial charge in [0.25, 0.3) is 5.91 Å². The summed E-state index contributed by atoms with van der Waals surface area (Å²) in [5.41, 5.74) is 1.83. The molecule has 0 unspecified atom stereocenters. The van der Waals surface area contributed by atoms with Gasteiger partial charge >= 0.3 is 6.18 Å². The van der Waals surface area contributed by atoms with Gasteiger partial charge in [0.05, 0.1) is 6.54 Å². The number of benzene rings is 2. The molecule has 0 radical (unpaired) electrons. The van der Waals surface area contributed by atoms with Crippen LogP contribution in [0.1, 0.15) is 34.8 Å². The van der Waals surface area contributed by atoms with Crippen molar-refractivity contribution in [2.24, 2.45) is 0 Å². The minimum Gasteiger partial charge on any atom is -0.389 e. The van der Waals surface area contributed by atoms with Gasteiger partial charge in [0.2, 0.25) is 0 Å². The second-order valence-electron chi connectivity index (χ2n) is 9.25. The molecule has 3 rings (SSSR count). The molecule has 2 aromatic carbocycles. The molecule has 12 heteroatoms. The topological polar surface area (TPSA) is 104 Å². The van der Waals surface area contributed by atoms with Crippen LogP contribution in [0.4, 0.5) is 17.6 Å². The van der Waals surface area contributed by atoms with Crippen LogP contribution in [0, 0.1) is 5.82 Å². The van der Waals surface area contributed by atoms with E-state index in [-0.39, 0.29) is 42.7 Å². The summed E-state index contributed by atoms with van der Waals surface area (Å²) in [5, 5.41) is 11.5. The average molecular weight is 545 g/mol. The number of Topliss-reactive ketones (excluding diaryl/α,β-unsaturated/α-hetero) is 1. The van der Waals surface area contributed by atoms with Crippen molar-refractivity contribution in [2.75, 3.05) is 32.5 Å². The Morgan fingerprint density at radius 3 is 2.30 bits per heavy atom. The highest BCUT2D eigenvalue weighted by atomic mass is 32.2. The summed E-state index contributed by atoms with van der Waals surface area (Å²) in [6.07, 6.45) is -3.29. The number of aliphatic hydroxyl groups excluding tert-OH is 1. The molecule has 0 saturated carbocycles. The lowest BCUT2D eigenvalue weighted by Crippen LogP contribution is -2.47. The van der Waals surface area contributed by atoms with Crippen LogP contribution in [-0.4, -0.2) is 73.5 Å². The molecule has 1 heterocycles. The van der Waals surface area contributed by atoms with E-state index in [1.807, 2.05) is 0 Å². The number of sulfone groups is 1. The third kappa shape index (κ3) is 6.36. The van der Waals surface area contributed by atoms with Crippen LogP contribution in [0.3, 0.4) is 0 Å². The zero-order valence-electron chi connectivity index (χ0n) is 20.4. The van der Waals surface area contributed by atoms with Crippen molar-refractivity contribution in [3.63, 3.8) is 0 Å². The molecule has 2 aromatic rings. The van der Waals surface area contributed by atoms with Gasteiger partial charge in [0.15, 0.2) is 15.6 Å². The van der Waals surface area contributed by atoms with Gasteiger partial charge in [-0.2, -0.15) is 13.2 Å². The van der Waals surface area contributed by atoms with E-state index in [4.69, 9.17) is 0 Å². The maximum atomic E-state index is 15.4. The van der Waals surface area contributed by atoms with Gasteiger partial charge in [-0.3, -0.25) is 9.59 Å². The van der Waals surface area contributed by atoms with E-state index in [2.05, 4.69) is 5.32 Å². The monoisotopic (exact) mass is 544 g/mol. The third-order valence-corrected chi connectivity index (χ3v) is 8.77. The number of hydrogen-bond donors (Lipinski definition) is 2. The number of amides is 1. The minimum atomic E-state index is -4.28. The van der Waals surface area contributed by atoms with Crippen LogP contribution in [0.15, 0.2) is 36.4 Å². The van der Waals surface area contributed by atoms with Gasteiger partial charge in [0, 0.05) is 36.0 Å². The number of aliphatic hydroxyl groups is 1. The highest BCUT2D eigenvalue weighted by molar-refractivity contribution is 7.92. The fourth-order valence-corrected chi connectivity index (χ4v) is 5.11. The fourth-order valence-electron chi connectivity index (χ4n) is 4.17. The summed E-state index contributed by atoms with van der Waals surface area (Å²) in [6, 6.07) is 9.63. The molecule has 0 aliphatic carbocycles. The fraction of sp³-hybridized carbons (Fsp3) is 0.440. The van der Waals surface area contributed by atoms with E-state index in [1.165, 1.54) is 24.0 Å². The number of nitrogens with zero attached hydrogens (tertiary/aromatic N) is 1. The van der Waals surface area contributed by atoms with Crippen molar-refractivity contribution in [2.45, 2.75) is 37.2 Å². The second kappa shape index (κ2) is 10.9. The van der Waals surface area contributed by atoms with Gasteiger partial charge < -0.3 is 15.3 Å². The molecular weight excluding hydrogens is 516 g/mol. The molecule has 0 bridgehead atoms. The van der Waals surface area contributed by atoms with Crippen LogP contribution < -0.4 is 5.32 Å². The van der Waals surface area contributed by atoms with Crippen LogP contribution in [-0.2, 0) is 27.6 Å². The summed E-state index contributed by atoms with van der Waals surface area (Å²) in [7, 11) is -3.90. The SMILES string of the molecule is C[C@@](CCN1Cc2c(ccc(-c3ccc(CCNCC(F)(F)F)cc3)c2F)C1=O)(C(=O)CO)S(C)(=O)=O. The molecule has 1 aliphatic rings. The molecule has 0 aromatic heterocycles. The maximum Gasteiger partial charge on any atom is 0.401 e. The molecule has 0 fully saturated rings. The van der Waals surface area contributed by atoms with Gasteiger partial charge in [0.1, 0.15) is 17.2 Å². The average Bonchev–Trinajstić information content (AvgIpc) is 3.15. The molecule has 1 aliphatic heterocycles. The van der Waals surface area contributed by atoms with E-state index >= 15 is 4.39 Å². The Hall–Kier alpha value is -2.83. The normalized spacial score (nSPS) is 15.5. The predicted molar refractivity (Wildman–Crippen MR) is 129 cm³/mol. The highest BCUT2D eigenvalue weighted by Gasteiger charge is 2.43. The smallest absolute Gasteiger partial charge is 0.389 e. The van der Waals surface area contributed by atoms with E-state index in [1.54, 1.807) is 24.3 Å². The first-order chi connectivity index (χ1) is 17.2. The Bertz CT molecular complexity index is 1280. The van der Waals surface area contributed by atoms with Crippen molar-refractivity contribution in [3.8, 4) is 11.1 Å². The first kappa shape index (κ1) is 28.7. The lowest BCUT2D eigenvalue weighted by atomic mass is 9.98. The van der Waals surface area contributed by atoms with Gasteiger partial charge in [-0.05, 0) is 43.5 Å². The van der Waals surface area contributed by atoms with Gasteiger partial charge in [-0.25, -0.2) is 12.8 Å². The van der Waals surface area contributed by atoms with E-state index in [9.17, 15) is 36.3 Å². The summed E-state index contributed by atoms with van der Waals surface area (Å²) in [4.78, 5) is 26.2. The number of nitrogens with one attached hydrogen (secondary N) is 1. The Kier molecular flexibility index (Phi) is 8.45. The van der Waals surface area contributed by atoms with Crippen molar-refractivity contribution >= 4 is 21.5 Å². The molecule has 202 valence electrons. The maximum absolute atomic E-state index is 15.4. The van der Waals surface area contributed by atoms with Crippen LogP contribution >= 0.6 is 0 Å². The summed E-state index contributed by atoms with van der Waals surface area (Å²) < 4.78 is 74.6. The number of alkyl halides is 3. The van der Waals surface area contributed by atoms with Crippen LogP contribution in [0.25, 0.3) is 11.1 Å². The number of halogens is 4. The van der Waals surface area contributed by atoms with Gasteiger partial charge in [-0.1, -0.05) is 30.3 Å². The predicted octanol–water partition coefficient (Wildman–Crippen LogP) is 2.90. The van der Waals surface area contributed by atoms with Crippen LogP contribution in [0.5, 0.6) is 0 Å². The van der Waals surface area contributed by atoms with E-state index in [0.717, 1.165) is 11.8 Å². The van der Waals surface area contributed by atoms with Crippen LogP contribution in [0.2, 0.25) is 0 Å². The Morgan fingerprint density at radius 2 is 1.73 bits per heavy atom. The molecule has 1 amide bonds. The molecule has 7 nitrogen and oxygen atoms in total. The number of ketones is 1. The number of carbonyl (C=O) groups is 2. The van der Waals surface area contributed by atoms with Gasteiger partial charge in [-0.15, -0.1) is 0 Å². The Morgan fingerprint density at radius 1 is 1.11 bits per heavy atom. The lowest BCUT2D eigenvalue weighted by molar-refractivity contribution is -0.125.